The van der Waals surface area contributed by atoms with Crippen LogP contribution in [0.2, 0.25) is 0 Å². The summed E-state index contributed by atoms with van der Waals surface area (Å²) in [5, 5.41) is 9.07. The molecule has 4 heteroatoms. The average molecular weight is 277 g/mol. The molecule has 4 nitrogen and oxygen atoms in total. The molecule has 1 unspecified atom stereocenters. The molecule has 0 aliphatic heterocycles. The van der Waals surface area contributed by atoms with Crippen LogP contribution in [0.3, 0.4) is 0 Å². The second-order valence-corrected chi connectivity index (χ2v) is 5.13. The quantitative estimate of drug-likeness (QED) is 0.832. The summed E-state index contributed by atoms with van der Waals surface area (Å²) < 4.78 is 0. The van der Waals surface area contributed by atoms with Gasteiger partial charge in [0.05, 0.1) is 5.92 Å². The second-order valence-electron chi connectivity index (χ2n) is 5.13. The molecule has 0 saturated carbocycles. The first-order chi connectivity index (χ1) is 9.47. The fourth-order valence-corrected chi connectivity index (χ4v) is 2.02. The van der Waals surface area contributed by atoms with E-state index >= 15 is 0 Å². The Bertz CT molecular complexity index is 471. The fourth-order valence-electron chi connectivity index (χ4n) is 2.02. The topological polar surface area (TPSA) is 57.6 Å². The molecule has 0 aliphatic carbocycles. The van der Waals surface area contributed by atoms with Crippen molar-refractivity contribution in [2.24, 2.45) is 5.92 Å². The van der Waals surface area contributed by atoms with Gasteiger partial charge in [0.1, 0.15) is 0 Å². The molecule has 0 saturated heterocycles. The summed E-state index contributed by atoms with van der Waals surface area (Å²) in [5.74, 6) is -1.47. The van der Waals surface area contributed by atoms with E-state index in [-0.39, 0.29) is 12.5 Å². The molecule has 1 N–H and O–H groups in total. The van der Waals surface area contributed by atoms with Crippen LogP contribution in [0.4, 0.5) is 5.69 Å². The highest BCUT2D eigenvalue weighted by Gasteiger charge is 2.22. The fraction of sp³-hybridized carbons (Fsp3) is 0.500. The van der Waals surface area contributed by atoms with Crippen molar-refractivity contribution < 1.29 is 14.7 Å². The Morgan fingerprint density at radius 3 is 2.50 bits per heavy atom. The maximum atomic E-state index is 12.3. The predicted molar refractivity (Wildman–Crippen MR) is 79.9 cm³/mol. The molecule has 0 bridgehead atoms. The molecule has 0 fully saturated rings. The van der Waals surface area contributed by atoms with Gasteiger partial charge in [0.15, 0.2) is 0 Å². The standard InChI is InChI=1S/C16H23NO3/c1-4-5-10-15(18)17(11-13(3)16(19)20)14-9-7-6-8-12(14)2/h6-9,13H,4-5,10-11H2,1-3H3,(H,19,20). The van der Waals surface area contributed by atoms with Crippen LogP contribution < -0.4 is 4.90 Å². The van der Waals surface area contributed by atoms with Gasteiger partial charge in [-0.25, -0.2) is 0 Å². The zero-order valence-corrected chi connectivity index (χ0v) is 12.4. The van der Waals surface area contributed by atoms with Gasteiger partial charge < -0.3 is 10.0 Å². The Morgan fingerprint density at radius 2 is 1.95 bits per heavy atom. The second kappa shape index (κ2) is 7.68. The normalized spacial score (nSPS) is 11.9. The number of rotatable bonds is 7. The number of para-hydroxylation sites is 1. The Morgan fingerprint density at radius 1 is 1.30 bits per heavy atom. The average Bonchev–Trinajstić information content (AvgIpc) is 2.42. The summed E-state index contributed by atoms with van der Waals surface area (Å²) in [6.07, 6.45) is 2.22. The van der Waals surface area contributed by atoms with Gasteiger partial charge in [-0.05, 0) is 25.0 Å². The van der Waals surface area contributed by atoms with E-state index in [2.05, 4.69) is 0 Å². The number of carbonyl (C=O) groups excluding carboxylic acids is 1. The van der Waals surface area contributed by atoms with E-state index in [9.17, 15) is 9.59 Å². The highest BCUT2D eigenvalue weighted by Crippen LogP contribution is 2.22. The van der Waals surface area contributed by atoms with Gasteiger partial charge >= 0.3 is 5.97 Å². The van der Waals surface area contributed by atoms with Crippen molar-refractivity contribution in [1.82, 2.24) is 0 Å². The van der Waals surface area contributed by atoms with E-state index < -0.39 is 11.9 Å². The highest BCUT2D eigenvalue weighted by molar-refractivity contribution is 5.94. The number of anilines is 1. The van der Waals surface area contributed by atoms with E-state index in [0.29, 0.717) is 6.42 Å². The van der Waals surface area contributed by atoms with Gasteiger partial charge in [0.2, 0.25) is 5.91 Å². The largest absolute Gasteiger partial charge is 0.481 e. The van der Waals surface area contributed by atoms with Crippen LogP contribution in [0.25, 0.3) is 0 Å². The van der Waals surface area contributed by atoms with Crippen LogP contribution in [0.1, 0.15) is 38.7 Å². The highest BCUT2D eigenvalue weighted by atomic mass is 16.4. The van der Waals surface area contributed by atoms with Crippen molar-refractivity contribution in [2.75, 3.05) is 11.4 Å². The number of nitrogens with zero attached hydrogens (tertiary/aromatic N) is 1. The van der Waals surface area contributed by atoms with Crippen LogP contribution in [0.15, 0.2) is 24.3 Å². The summed E-state index contributed by atoms with van der Waals surface area (Å²) in [6, 6.07) is 7.58. The van der Waals surface area contributed by atoms with Crippen molar-refractivity contribution in [3.8, 4) is 0 Å². The minimum absolute atomic E-state index is 0.00532. The zero-order valence-electron chi connectivity index (χ0n) is 12.4. The molecule has 20 heavy (non-hydrogen) atoms. The number of hydrogen-bond donors (Lipinski definition) is 1. The Hall–Kier alpha value is -1.84. The lowest BCUT2D eigenvalue weighted by Crippen LogP contribution is -2.37. The molecule has 1 aromatic carbocycles. The monoisotopic (exact) mass is 277 g/mol. The molecule has 0 aromatic heterocycles. The van der Waals surface area contributed by atoms with Gasteiger partial charge in [-0.2, -0.15) is 0 Å². The van der Waals surface area contributed by atoms with Crippen molar-refractivity contribution in [3.63, 3.8) is 0 Å². The summed E-state index contributed by atoms with van der Waals surface area (Å²) >= 11 is 0. The predicted octanol–water partition coefficient (Wildman–Crippen LogP) is 3.24. The Balaban J connectivity index is 2.98. The first kappa shape index (κ1) is 16.2. The Kier molecular flexibility index (Phi) is 6.22. The molecule has 1 atom stereocenters. The minimum atomic E-state index is -0.883. The number of benzene rings is 1. The molecule has 1 amide bonds. The van der Waals surface area contributed by atoms with E-state index in [1.54, 1.807) is 11.8 Å². The van der Waals surface area contributed by atoms with Gasteiger partial charge in [-0.1, -0.05) is 38.5 Å². The van der Waals surface area contributed by atoms with Crippen molar-refractivity contribution in [1.29, 1.82) is 0 Å². The van der Waals surface area contributed by atoms with E-state index in [1.165, 1.54) is 0 Å². The van der Waals surface area contributed by atoms with Crippen LogP contribution in [0.5, 0.6) is 0 Å². The molecule has 0 radical (unpaired) electrons. The SMILES string of the molecule is CCCCC(=O)N(CC(C)C(=O)O)c1ccccc1C. The van der Waals surface area contributed by atoms with Crippen LogP contribution in [0, 0.1) is 12.8 Å². The molecule has 0 heterocycles. The number of amides is 1. The maximum Gasteiger partial charge on any atom is 0.308 e. The van der Waals surface area contributed by atoms with E-state index in [0.717, 1.165) is 24.1 Å². The summed E-state index contributed by atoms with van der Waals surface area (Å²) in [7, 11) is 0. The number of unbranched alkanes of at least 4 members (excludes halogenated alkanes) is 1. The van der Waals surface area contributed by atoms with Crippen LogP contribution >= 0.6 is 0 Å². The van der Waals surface area contributed by atoms with Crippen molar-refractivity contribution in [2.45, 2.75) is 40.0 Å². The number of aryl methyl sites for hydroxylation is 1. The molecule has 0 spiro atoms. The lowest BCUT2D eigenvalue weighted by molar-refractivity contribution is -0.140. The van der Waals surface area contributed by atoms with Gasteiger partial charge in [-0.15, -0.1) is 0 Å². The van der Waals surface area contributed by atoms with Crippen LogP contribution in [-0.4, -0.2) is 23.5 Å². The number of aliphatic carboxylic acids is 1. The van der Waals surface area contributed by atoms with Gasteiger partial charge in [0.25, 0.3) is 0 Å². The van der Waals surface area contributed by atoms with Gasteiger partial charge in [-0.3, -0.25) is 9.59 Å². The summed E-state index contributed by atoms with van der Waals surface area (Å²) in [6.45, 7) is 5.80. The first-order valence-corrected chi connectivity index (χ1v) is 7.06. The van der Waals surface area contributed by atoms with Gasteiger partial charge in [0, 0.05) is 18.7 Å². The van der Waals surface area contributed by atoms with Crippen molar-refractivity contribution in [3.05, 3.63) is 29.8 Å². The third-order valence-electron chi connectivity index (χ3n) is 3.33. The van der Waals surface area contributed by atoms with E-state index in [4.69, 9.17) is 5.11 Å². The molecular formula is C16H23NO3. The lowest BCUT2D eigenvalue weighted by atomic mass is 10.1. The third kappa shape index (κ3) is 4.37. The zero-order chi connectivity index (χ0) is 15.1. The van der Waals surface area contributed by atoms with Crippen LogP contribution in [-0.2, 0) is 9.59 Å². The smallest absolute Gasteiger partial charge is 0.308 e. The molecule has 1 aromatic rings. The maximum absolute atomic E-state index is 12.3. The lowest BCUT2D eigenvalue weighted by Gasteiger charge is -2.26. The number of carboxylic acids is 1. The van der Waals surface area contributed by atoms with Crippen molar-refractivity contribution >= 4 is 17.6 Å². The molecule has 0 aliphatic rings. The Labute approximate surface area is 120 Å². The molecular weight excluding hydrogens is 254 g/mol. The minimum Gasteiger partial charge on any atom is -0.481 e. The first-order valence-electron chi connectivity index (χ1n) is 7.06. The number of carboxylic acid groups (broad SMARTS) is 1. The summed E-state index contributed by atoms with van der Waals surface area (Å²) in [4.78, 5) is 25.0. The molecule has 1 rings (SSSR count). The molecule has 110 valence electrons. The van der Waals surface area contributed by atoms with E-state index in [1.807, 2.05) is 38.1 Å². The summed E-state index contributed by atoms with van der Waals surface area (Å²) in [5.41, 5.74) is 1.79. The third-order valence-corrected chi connectivity index (χ3v) is 3.33. The number of carbonyl (C=O) groups is 2. The number of hydrogen-bond acceptors (Lipinski definition) is 2.